The standard InChI is InChI=1S/C50H56N4O12/c1-3-25-52(49(57)65-38-21-19-36(20-22-38)53(58)59)46-32-44(51-63-33-34-13-6-5-7-14-34)42-29-35(15-8-10-26-55)41(18-9-11-27-56)47-43-31-40(64-39-17-12-16-37(30-39)54(60)61)23-24-45(43)66-50(46,48(42)47)62-28-4-2/h4-7,12-14,16-17,19-24,29-31,35,41,46-48,55-56H,2-3,8-11,15,18,25-28,32-33H2,1H3/t35-,41+,46-,47+,48+,50+/m0/s1. The van der Waals surface area contributed by atoms with Crippen LogP contribution in [0.1, 0.15) is 75.3 Å². The van der Waals surface area contributed by atoms with Gasteiger partial charge in [-0.25, -0.2) is 4.79 Å². The number of benzene rings is 4. The first-order chi connectivity index (χ1) is 32.1. The topological polar surface area (TPSA) is 206 Å². The number of nitrogens with zero attached hydrogens (tertiary/aromatic N) is 4. The maximum atomic E-state index is 14.7. The molecule has 4 aromatic rings. The van der Waals surface area contributed by atoms with Crippen LogP contribution in [0.2, 0.25) is 0 Å². The molecule has 4 aromatic carbocycles. The first kappa shape index (κ1) is 47.3. The summed E-state index contributed by atoms with van der Waals surface area (Å²) in [7, 11) is 0. The number of oxime groups is 1. The van der Waals surface area contributed by atoms with Crippen LogP contribution >= 0.6 is 0 Å². The fraction of sp³-hybridized carbons (Fsp3) is 0.400. The Balaban J connectivity index is 1.42. The van der Waals surface area contributed by atoms with Crippen LogP contribution in [-0.2, 0) is 16.2 Å². The molecule has 0 radical (unpaired) electrons. The zero-order chi connectivity index (χ0) is 46.6. The summed E-state index contributed by atoms with van der Waals surface area (Å²) in [4.78, 5) is 44.6. The van der Waals surface area contributed by atoms with Crippen molar-refractivity contribution >= 4 is 23.2 Å². The molecule has 2 aliphatic carbocycles. The fourth-order valence-electron chi connectivity index (χ4n) is 9.68. The summed E-state index contributed by atoms with van der Waals surface area (Å²) in [5.41, 5.74) is 2.85. The third-order valence-electron chi connectivity index (χ3n) is 12.5. The zero-order valence-electron chi connectivity index (χ0n) is 36.9. The molecule has 0 saturated heterocycles. The summed E-state index contributed by atoms with van der Waals surface area (Å²) in [6, 6.07) is 25.5. The number of non-ortho nitro benzene ring substituents is 2. The van der Waals surface area contributed by atoms with Crippen LogP contribution in [0.5, 0.6) is 23.0 Å². The van der Waals surface area contributed by atoms with Crippen molar-refractivity contribution in [1.29, 1.82) is 0 Å². The summed E-state index contributed by atoms with van der Waals surface area (Å²) >= 11 is 0. The molecule has 66 heavy (non-hydrogen) atoms. The van der Waals surface area contributed by atoms with Crippen molar-refractivity contribution in [1.82, 2.24) is 4.90 Å². The van der Waals surface area contributed by atoms with E-state index in [0.717, 1.165) is 29.5 Å². The van der Waals surface area contributed by atoms with Gasteiger partial charge in [0.2, 0.25) is 5.79 Å². The number of aliphatic hydroxyl groups is 2. The molecule has 6 atom stereocenters. The highest BCUT2D eigenvalue weighted by molar-refractivity contribution is 6.03. The average molecular weight is 905 g/mol. The monoisotopic (exact) mass is 904 g/mol. The summed E-state index contributed by atoms with van der Waals surface area (Å²) in [6.45, 7) is 6.42. The van der Waals surface area contributed by atoms with Gasteiger partial charge in [0.05, 0.1) is 34.1 Å². The number of amides is 1. The first-order valence-electron chi connectivity index (χ1n) is 22.5. The molecule has 16 heteroatoms. The number of unbranched alkanes of at least 4 members (excludes halogenated alkanes) is 2. The second-order valence-corrected chi connectivity index (χ2v) is 16.7. The quantitative estimate of drug-likeness (QED) is 0.0327. The lowest BCUT2D eigenvalue weighted by molar-refractivity contribution is -0.385. The highest BCUT2D eigenvalue weighted by Gasteiger charge is 2.65. The van der Waals surface area contributed by atoms with Gasteiger partial charge in [0.1, 0.15) is 35.6 Å². The van der Waals surface area contributed by atoms with E-state index in [9.17, 15) is 35.2 Å². The maximum Gasteiger partial charge on any atom is 0.415 e. The predicted octanol–water partition coefficient (Wildman–Crippen LogP) is 10.0. The van der Waals surface area contributed by atoms with Gasteiger partial charge in [-0.15, -0.1) is 6.58 Å². The molecule has 2 N–H and O–H groups in total. The van der Waals surface area contributed by atoms with Crippen molar-refractivity contribution in [2.45, 2.75) is 82.6 Å². The van der Waals surface area contributed by atoms with Crippen LogP contribution in [0, 0.1) is 38.0 Å². The number of ether oxygens (including phenoxy) is 4. The second kappa shape index (κ2) is 22.0. The second-order valence-electron chi connectivity index (χ2n) is 16.7. The van der Waals surface area contributed by atoms with Gasteiger partial charge in [0, 0.05) is 55.9 Å². The molecular formula is C50H56N4O12. The zero-order valence-corrected chi connectivity index (χ0v) is 36.9. The van der Waals surface area contributed by atoms with E-state index in [4.69, 9.17) is 28.9 Å². The lowest BCUT2D eigenvalue weighted by Gasteiger charge is -2.59. The van der Waals surface area contributed by atoms with E-state index in [1.165, 1.54) is 36.4 Å². The van der Waals surface area contributed by atoms with Gasteiger partial charge in [-0.1, -0.05) is 73.5 Å². The third-order valence-corrected chi connectivity index (χ3v) is 12.5. The summed E-state index contributed by atoms with van der Waals surface area (Å²) < 4.78 is 26.6. The van der Waals surface area contributed by atoms with E-state index >= 15 is 0 Å². The molecule has 1 fully saturated rings. The Kier molecular flexibility index (Phi) is 15.8. The lowest BCUT2D eigenvalue weighted by atomic mass is 9.55. The molecule has 0 unspecified atom stereocenters. The van der Waals surface area contributed by atoms with Crippen molar-refractivity contribution in [2.75, 3.05) is 26.4 Å². The largest absolute Gasteiger partial charge is 0.459 e. The van der Waals surface area contributed by atoms with Crippen molar-refractivity contribution < 1.29 is 48.6 Å². The van der Waals surface area contributed by atoms with Crippen molar-refractivity contribution in [3.8, 4) is 23.0 Å². The van der Waals surface area contributed by atoms with E-state index in [1.54, 1.807) is 35.2 Å². The van der Waals surface area contributed by atoms with E-state index in [-0.39, 0.29) is 80.0 Å². The van der Waals surface area contributed by atoms with Crippen molar-refractivity contribution in [2.24, 2.45) is 22.9 Å². The minimum absolute atomic E-state index is 0.0187. The Morgan fingerprint density at radius 2 is 1.61 bits per heavy atom. The Bertz CT molecular complexity index is 2390. The fourth-order valence-corrected chi connectivity index (χ4v) is 9.68. The number of hydrogen-bond acceptors (Lipinski definition) is 13. The number of allylic oxidation sites excluding steroid dienone is 1. The number of carbonyl (C=O) groups is 1. The number of aliphatic hydroxyl groups excluding tert-OH is 2. The molecule has 1 saturated carbocycles. The predicted molar refractivity (Wildman–Crippen MR) is 245 cm³/mol. The van der Waals surface area contributed by atoms with Crippen LogP contribution in [0.3, 0.4) is 0 Å². The number of nitro benzene ring substituents is 2. The molecule has 16 nitrogen and oxygen atoms in total. The highest BCUT2D eigenvalue weighted by atomic mass is 16.7. The number of carbonyl (C=O) groups excluding carboxylic acids is 1. The minimum Gasteiger partial charge on any atom is -0.459 e. The Labute approximate surface area is 383 Å². The summed E-state index contributed by atoms with van der Waals surface area (Å²) in [6.07, 6.45) is 7.86. The highest BCUT2D eigenvalue weighted by Crippen LogP contribution is 2.62. The third kappa shape index (κ3) is 10.6. The van der Waals surface area contributed by atoms with E-state index in [2.05, 4.69) is 12.7 Å². The van der Waals surface area contributed by atoms with Gasteiger partial charge in [0.15, 0.2) is 0 Å². The average Bonchev–Trinajstić information content (AvgIpc) is 3.32. The Morgan fingerprint density at radius 3 is 2.30 bits per heavy atom. The van der Waals surface area contributed by atoms with Gasteiger partial charge in [-0.2, -0.15) is 0 Å². The van der Waals surface area contributed by atoms with Crippen LogP contribution in [0.4, 0.5) is 16.2 Å². The number of hydrogen-bond donors (Lipinski definition) is 2. The summed E-state index contributed by atoms with van der Waals surface area (Å²) in [5, 5.41) is 47.9. The van der Waals surface area contributed by atoms with Gasteiger partial charge in [0.25, 0.3) is 11.4 Å². The van der Waals surface area contributed by atoms with Crippen LogP contribution in [0.15, 0.2) is 127 Å². The lowest BCUT2D eigenvalue weighted by Crippen LogP contribution is -2.70. The number of rotatable bonds is 22. The molecule has 0 spiro atoms. The first-order valence-corrected chi connectivity index (χ1v) is 22.5. The molecule has 0 aromatic heterocycles. The molecule has 1 aliphatic heterocycles. The maximum absolute atomic E-state index is 14.7. The molecular weight excluding hydrogens is 849 g/mol. The molecule has 1 heterocycles. The normalized spacial score (nSPS) is 22.2. The number of fused-ring (bicyclic) bond motifs is 2. The molecule has 7 rings (SSSR count). The van der Waals surface area contributed by atoms with E-state index in [1.807, 2.05) is 43.3 Å². The van der Waals surface area contributed by atoms with E-state index in [0.29, 0.717) is 49.3 Å². The minimum atomic E-state index is -1.58. The molecule has 348 valence electrons. The number of nitro groups is 2. The van der Waals surface area contributed by atoms with Crippen LogP contribution < -0.4 is 14.2 Å². The molecule has 1 amide bonds. The molecule has 3 aliphatic rings. The van der Waals surface area contributed by atoms with Gasteiger partial charge in [-0.05, 0) is 91.5 Å². The molecule has 0 bridgehead atoms. The van der Waals surface area contributed by atoms with Gasteiger partial charge < -0.3 is 34.0 Å². The van der Waals surface area contributed by atoms with Gasteiger partial charge in [-0.3, -0.25) is 25.1 Å². The SMILES string of the molecule is C=CCO[C@@]12Oc3ccc(Oc4cccc([N+](=O)[O-])c4)cc3[C@H]3[C@H](CCCCO)[C@@H](CCCCO)C=C(C(=NOCc4ccccc4)C[C@@H]1N(CCC)C(=O)Oc1ccc([N+](=O)[O-])cc1)[C@H]32. The Hall–Kier alpha value is -6.62. The van der Waals surface area contributed by atoms with Crippen molar-refractivity contribution in [3.63, 3.8) is 0 Å². The van der Waals surface area contributed by atoms with Crippen LogP contribution in [0.25, 0.3) is 0 Å². The Morgan fingerprint density at radius 1 is 0.894 bits per heavy atom. The van der Waals surface area contributed by atoms with Crippen molar-refractivity contribution in [3.05, 3.63) is 153 Å². The van der Waals surface area contributed by atoms with Gasteiger partial charge >= 0.3 is 6.09 Å². The summed E-state index contributed by atoms with van der Waals surface area (Å²) in [5.74, 6) is -1.40. The smallest absolute Gasteiger partial charge is 0.415 e. The van der Waals surface area contributed by atoms with E-state index < -0.39 is 33.7 Å². The van der Waals surface area contributed by atoms with Crippen LogP contribution in [-0.4, -0.2) is 75.0 Å².